The summed E-state index contributed by atoms with van der Waals surface area (Å²) in [6.45, 7) is 7.66. The van der Waals surface area contributed by atoms with Gasteiger partial charge in [0.05, 0.1) is 23.9 Å². The van der Waals surface area contributed by atoms with Gasteiger partial charge >= 0.3 is 0 Å². The molecule has 1 aromatic rings. The first-order chi connectivity index (χ1) is 12.4. The summed E-state index contributed by atoms with van der Waals surface area (Å²) >= 11 is 1.54. The molecule has 2 heterocycles. The van der Waals surface area contributed by atoms with Gasteiger partial charge in [0.25, 0.3) is 0 Å². The standard InChI is InChI=1S/C20H21N5S/c1-12(2)25-6-4-14-15(8-21)19(24)20(10-22,11-23)17(16(14)9-25)18-13(3)5-7-26-18/h4-5,7,12,15-17,24H,6,9H2,1-3H3. The van der Waals surface area contributed by atoms with Crippen LogP contribution in [0, 0.1) is 63.6 Å². The summed E-state index contributed by atoms with van der Waals surface area (Å²) < 4.78 is 0. The Labute approximate surface area is 158 Å². The molecule has 3 rings (SSSR count). The molecule has 1 fully saturated rings. The fourth-order valence-corrected chi connectivity index (χ4v) is 5.39. The zero-order valence-electron chi connectivity index (χ0n) is 15.2. The lowest BCUT2D eigenvalue weighted by atomic mass is 9.55. The Morgan fingerprint density at radius 1 is 1.31 bits per heavy atom. The summed E-state index contributed by atoms with van der Waals surface area (Å²) in [5.74, 6) is -1.31. The molecule has 1 N–H and O–H groups in total. The molecule has 0 radical (unpaired) electrons. The molecule has 5 nitrogen and oxygen atoms in total. The van der Waals surface area contributed by atoms with Crippen LogP contribution in [0.25, 0.3) is 0 Å². The molecule has 1 aromatic heterocycles. The van der Waals surface area contributed by atoms with Crippen molar-refractivity contribution >= 4 is 17.0 Å². The lowest BCUT2D eigenvalue weighted by molar-refractivity contribution is 0.172. The third-order valence-corrected chi connectivity index (χ3v) is 6.83. The van der Waals surface area contributed by atoms with Crippen molar-refractivity contribution in [2.75, 3.05) is 13.1 Å². The summed E-state index contributed by atoms with van der Waals surface area (Å²) in [6, 6.07) is 8.81. The van der Waals surface area contributed by atoms with E-state index in [-0.39, 0.29) is 11.6 Å². The van der Waals surface area contributed by atoms with E-state index in [0.717, 1.165) is 22.6 Å². The van der Waals surface area contributed by atoms with E-state index in [2.05, 4.69) is 37.0 Å². The fraction of sp³-hybridized carbons (Fsp3) is 0.500. The van der Waals surface area contributed by atoms with Crippen LogP contribution in [0.1, 0.15) is 30.2 Å². The zero-order chi connectivity index (χ0) is 19.1. The van der Waals surface area contributed by atoms with Crippen molar-refractivity contribution in [3.8, 4) is 18.2 Å². The molecule has 0 aromatic carbocycles. The number of thiophene rings is 1. The number of hydrogen-bond acceptors (Lipinski definition) is 6. The Bertz CT molecular complexity index is 875. The van der Waals surface area contributed by atoms with Gasteiger partial charge in [-0.3, -0.25) is 4.90 Å². The van der Waals surface area contributed by atoms with Crippen LogP contribution >= 0.6 is 11.3 Å². The summed E-state index contributed by atoms with van der Waals surface area (Å²) in [6.07, 6.45) is 2.05. The Balaban J connectivity index is 2.25. The fourth-order valence-electron chi connectivity index (χ4n) is 4.23. The van der Waals surface area contributed by atoms with E-state index in [4.69, 9.17) is 5.41 Å². The largest absolute Gasteiger partial charge is 0.305 e. The van der Waals surface area contributed by atoms with Crippen molar-refractivity contribution in [3.05, 3.63) is 33.5 Å². The van der Waals surface area contributed by atoms with Crippen LogP contribution in [-0.4, -0.2) is 29.7 Å². The number of hydrogen-bond donors (Lipinski definition) is 1. The number of rotatable bonds is 2. The normalized spacial score (nSPS) is 27.8. The molecule has 0 amide bonds. The highest BCUT2D eigenvalue weighted by Crippen LogP contribution is 2.55. The van der Waals surface area contributed by atoms with Gasteiger partial charge < -0.3 is 5.41 Å². The van der Waals surface area contributed by atoms with Crippen LogP contribution in [0.5, 0.6) is 0 Å². The Morgan fingerprint density at radius 3 is 2.50 bits per heavy atom. The molecule has 0 bridgehead atoms. The Hall–Kier alpha value is -2.46. The van der Waals surface area contributed by atoms with Crippen LogP contribution in [0.4, 0.5) is 0 Å². The van der Waals surface area contributed by atoms with E-state index in [1.165, 1.54) is 11.3 Å². The van der Waals surface area contributed by atoms with E-state index in [1.54, 1.807) is 0 Å². The minimum absolute atomic E-state index is 0.0664. The molecule has 0 saturated heterocycles. The molecule has 2 aliphatic rings. The van der Waals surface area contributed by atoms with Crippen molar-refractivity contribution in [2.24, 2.45) is 17.3 Å². The molecular weight excluding hydrogens is 342 g/mol. The maximum atomic E-state index is 10.00. The summed E-state index contributed by atoms with van der Waals surface area (Å²) in [5, 5.41) is 40.3. The maximum Gasteiger partial charge on any atom is 0.190 e. The van der Waals surface area contributed by atoms with E-state index in [9.17, 15) is 15.8 Å². The summed E-state index contributed by atoms with van der Waals surface area (Å²) in [7, 11) is 0. The lowest BCUT2D eigenvalue weighted by Crippen LogP contribution is -2.53. The topological polar surface area (TPSA) is 98.5 Å². The second kappa shape index (κ2) is 6.69. The Morgan fingerprint density at radius 2 is 2.00 bits per heavy atom. The van der Waals surface area contributed by atoms with Gasteiger partial charge in [-0.25, -0.2) is 0 Å². The van der Waals surface area contributed by atoms with E-state index < -0.39 is 17.3 Å². The molecule has 1 aliphatic carbocycles. The van der Waals surface area contributed by atoms with E-state index >= 15 is 0 Å². The highest BCUT2D eigenvalue weighted by molar-refractivity contribution is 7.10. The molecule has 132 valence electrons. The maximum absolute atomic E-state index is 10.00. The van der Waals surface area contributed by atoms with Gasteiger partial charge in [-0.1, -0.05) is 6.08 Å². The minimum Gasteiger partial charge on any atom is -0.305 e. The molecule has 0 spiro atoms. The first-order valence-electron chi connectivity index (χ1n) is 8.70. The average molecular weight is 363 g/mol. The molecule has 26 heavy (non-hydrogen) atoms. The monoisotopic (exact) mass is 363 g/mol. The van der Waals surface area contributed by atoms with Crippen molar-refractivity contribution in [1.82, 2.24) is 4.90 Å². The smallest absolute Gasteiger partial charge is 0.190 e. The van der Waals surface area contributed by atoms with Gasteiger partial charge in [0, 0.05) is 35.8 Å². The first kappa shape index (κ1) is 18.3. The van der Waals surface area contributed by atoms with Gasteiger partial charge in [0.2, 0.25) is 0 Å². The minimum atomic E-state index is -1.60. The average Bonchev–Trinajstić information content (AvgIpc) is 3.05. The van der Waals surface area contributed by atoms with Crippen LogP contribution in [0.3, 0.4) is 0 Å². The predicted octanol–water partition coefficient (Wildman–Crippen LogP) is 3.61. The van der Waals surface area contributed by atoms with Gasteiger partial charge in [-0.2, -0.15) is 15.8 Å². The number of nitrogens with one attached hydrogen (secondary N) is 1. The van der Waals surface area contributed by atoms with Crippen LogP contribution in [-0.2, 0) is 0 Å². The lowest BCUT2D eigenvalue weighted by Gasteiger charge is -2.48. The summed E-state index contributed by atoms with van der Waals surface area (Å²) in [4.78, 5) is 3.28. The van der Waals surface area contributed by atoms with Gasteiger partial charge in [-0.15, -0.1) is 11.3 Å². The highest BCUT2D eigenvalue weighted by atomic mass is 32.1. The SMILES string of the molecule is Cc1ccsc1C1C2CN(C(C)C)CC=C2C(C#N)C(=N)C1(C#N)C#N. The van der Waals surface area contributed by atoms with Crippen molar-refractivity contribution in [1.29, 1.82) is 21.2 Å². The molecule has 1 aliphatic heterocycles. The molecule has 3 atom stereocenters. The predicted molar refractivity (Wildman–Crippen MR) is 101 cm³/mol. The molecule has 3 unspecified atom stereocenters. The van der Waals surface area contributed by atoms with Gasteiger partial charge in [0.15, 0.2) is 5.41 Å². The molecule has 6 heteroatoms. The summed E-state index contributed by atoms with van der Waals surface area (Å²) in [5.41, 5.74) is 0.286. The third-order valence-electron chi connectivity index (χ3n) is 5.73. The number of nitrogens with zero attached hydrogens (tertiary/aromatic N) is 4. The van der Waals surface area contributed by atoms with Gasteiger partial charge in [0.1, 0.15) is 5.92 Å². The van der Waals surface area contributed by atoms with Gasteiger partial charge in [-0.05, 0) is 43.4 Å². The quantitative estimate of drug-likeness (QED) is 0.811. The number of fused-ring (bicyclic) bond motifs is 1. The first-order valence-corrected chi connectivity index (χ1v) is 9.58. The second-order valence-corrected chi connectivity index (χ2v) is 8.26. The zero-order valence-corrected chi connectivity index (χ0v) is 16.0. The van der Waals surface area contributed by atoms with Crippen molar-refractivity contribution < 1.29 is 0 Å². The Kier molecular flexibility index (Phi) is 4.72. The number of nitriles is 3. The highest BCUT2D eigenvalue weighted by Gasteiger charge is 2.58. The van der Waals surface area contributed by atoms with Crippen LogP contribution in [0.15, 0.2) is 23.1 Å². The second-order valence-electron chi connectivity index (χ2n) is 7.31. The van der Waals surface area contributed by atoms with E-state index in [1.807, 2.05) is 24.4 Å². The van der Waals surface area contributed by atoms with Crippen LogP contribution < -0.4 is 0 Å². The van der Waals surface area contributed by atoms with Crippen molar-refractivity contribution in [3.63, 3.8) is 0 Å². The molecular formula is C20H21N5S. The third kappa shape index (κ3) is 2.48. The van der Waals surface area contributed by atoms with E-state index in [0.29, 0.717) is 12.6 Å². The molecule has 1 saturated carbocycles. The number of aryl methyl sites for hydroxylation is 1. The van der Waals surface area contributed by atoms with Crippen LogP contribution in [0.2, 0.25) is 0 Å². The van der Waals surface area contributed by atoms with Crippen molar-refractivity contribution in [2.45, 2.75) is 32.7 Å².